The molecule has 3 heteroatoms. The topological polar surface area (TPSA) is 43.8 Å². The fourth-order valence-electron chi connectivity index (χ4n) is 1.63. The number of hydrogen-bond acceptors (Lipinski definition) is 2. The minimum atomic E-state index is 0.528. The van der Waals surface area contributed by atoms with E-state index in [4.69, 9.17) is 12.2 Å². The Hall–Kier alpha value is -2.21. The predicted molar refractivity (Wildman–Crippen MR) is 65.6 cm³/mol. The third kappa shape index (κ3) is 1.91. The Balaban J connectivity index is 2.47. The molecule has 1 heterocycles. The Morgan fingerprint density at radius 1 is 1.38 bits per heavy atom. The average Bonchev–Trinajstić information content (AvgIpc) is 2.61. The van der Waals surface area contributed by atoms with Gasteiger partial charge in [-0.3, -0.25) is 0 Å². The largest absolute Gasteiger partial charge is 0.399 e. The van der Waals surface area contributed by atoms with Gasteiger partial charge in [0.25, 0.3) is 0 Å². The summed E-state index contributed by atoms with van der Waals surface area (Å²) in [7, 11) is 0. The number of aryl methyl sites for hydroxylation is 1. The minimum Gasteiger partial charge on any atom is -0.399 e. The molecular weight excluding hydrogens is 198 g/mol. The molecule has 0 aliphatic carbocycles. The van der Waals surface area contributed by atoms with E-state index in [0.29, 0.717) is 6.54 Å². The summed E-state index contributed by atoms with van der Waals surface area (Å²) in [6, 6.07) is 7.62. The first-order valence-electron chi connectivity index (χ1n) is 5.04. The van der Waals surface area contributed by atoms with Gasteiger partial charge in [-0.15, -0.1) is 6.42 Å². The van der Waals surface area contributed by atoms with Crippen LogP contribution in [0.15, 0.2) is 30.5 Å². The monoisotopic (exact) mass is 211 g/mol. The molecule has 0 amide bonds. The molecule has 16 heavy (non-hydrogen) atoms. The molecule has 0 aliphatic heterocycles. The van der Waals surface area contributed by atoms with Gasteiger partial charge >= 0.3 is 0 Å². The highest BCUT2D eigenvalue weighted by molar-refractivity contribution is 5.59. The molecule has 0 saturated carbocycles. The Morgan fingerprint density at radius 3 is 2.69 bits per heavy atom. The Kier molecular flexibility index (Phi) is 2.65. The molecule has 0 radical (unpaired) electrons. The van der Waals surface area contributed by atoms with E-state index in [2.05, 4.69) is 10.9 Å². The number of hydrogen-bond donors (Lipinski definition) is 1. The fraction of sp³-hybridized carbons (Fsp3) is 0.154. The number of imidazole rings is 1. The van der Waals surface area contributed by atoms with Crippen LogP contribution in [0.4, 0.5) is 5.69 Å². The van der Waals surface area contributed by atoms with E-state index < -0.39 is 0 Å². The first-order chi connectivity index (χ1) is 7.70. The third-order valence-corrected chi connectivity index (χ3v) is 2.33. The lowest BCUT2D eigenvalue weighted by atomic mass is 10.2. The number of rotatable bonds is 2. The Labute approximate surface area is 94.9 Å². The van der Waals surface area contributed by atoms with Crippen molar-refractivity contribution in [1.82, 2.24) is 9.55 Å². The smallest absolute Gasteiger partial charge is 0.141 e. The van der Waals surface area contributed by atoms with E-state index in [1.54, 1.807) is 0 Å². The molecule has 2 N–H and O–H groups in total. The quantitative estimate of drug-likeness (QED) is 0.610. The molecule has 2 rings (SSSR count). The van der Waals surface area contributed by atoms with E-state index in [-0.39, 0.29) is 0 Å². The maximum atomic E-state index is 5.65. The molecule has 0 spiro atoms. The van der Waals surface area contributed by atoms with Gasteiger partial charge in [0, 0.05) is 17.4 Å². The molecule has 2 aromatic rings. The molecule has 1 aromatic heterocycles. The number of aromatic nitrogens is 2. The van der Waals surface area contributed by atoms with Crippen molar-refractivity contribution < 1.29 is 0 Å². The van der Waals surface area contributed by atoms with Crippen LogP contribution in [0.2, 0.25) is 0 Å². The molecule has 3 nitrogen and oxygen atoms in total. The van der Waals surface area contributed by atoms with Gasteiger partial charge in [0.2, 0.25) is 0 Å². The molecule has 0 unspecified atom stereocenters. The van der Waals surface area contributed by atoms with Crippen LogP contribution in [-0.2, 0) is 6.54 Å². The zero-order valence-electron chi connectivity index (χ0n) is 9.14. The van der Waals surface area contributed by atoms with Crippen LogP contribution >= 0.6 is 0 Å². The zero-order valence-corrected chi connectivity index (χ0v) is 9.14. The molecule has 0 bridgehead atoms. The highest BCUT2D eigenvalue weighted by atomic mass is 15.1. The molecule has 0 fully saturated rings. The fourth-order valence-corrected chi connectivity index (χ4v) is 1.63. The number of nitrogens with zero attached hydrogens (tertiary/aromatic N) is 2. The van der Waals surface area contributed by atoms with Crippen molar-refractivity contribution in [2.75, 3.05) is 5.73 Å². The summed E-state index contributed by atoms with van der Waals surface area (Å²) in [5.41, 5.74) is 8.38. The van der Waals surface area contributed by atoms with Crippen molar-refractivity contribution >= 4 is 5.69 Å². The van der Waals surface area contributed by atoms with Crippen LogP contribution in [0.3, 0.4) is 0 Å². The first-order valence-corrected chi connectivity index (χ1v) is 5.04. The Morgan fingerprint density at radius 2 is 2.06 bits per heavy atom. The lowest BCUT2D eigenvalue weighted by Gasteiger charge is -2.04. The van der Waals surface area contributed by atoms with Crippen LogP contribution in [0.1, 0.15) is 5.69 Å². The van der Waals surface area contributed by atoms with Crippen molar-refractivity contribution in [2.45, 2.75) is 13.5 Å². The number of nitrogens with two attached hydrogens (primary N) is 1. The maximum Gasteiger partial charge on any atom is 0.141 e. The van der Waals surface area contributed by atoms with Crippen LogP contribution in [0, 0.1) is 19.3 Å². The summed E-state index contributed by atoms with van der Waals surface area (Å²) in [6.07, 6.45) is 7.27. The normalized spacial score (nSPS) is 10.0. The van der Waals surface area contributed by atoms with E-state index in [9.17, 15) is 0 Å². The van der Waals surface area contributed by atoms with Gasteiger partial charge in [0.05, 0.1) is 12.2 Å². The van der Waals surface area contributed by atoms with E-state index >= 15 is 0 Å². The van der Waals surface area contributed by atoms with Gasteiger partial charge in [0.15, 0.2) is 0 Å². The molecule has 0 atom stereocenters. The van der Waals surface area contributed by atoms with E-state index in [0.717, 1.165) is 22.8 Å². The number of benzene rings is 1. The van der Waals surface area contributed by atoms with Crippen LogP contribution in [-0.4, -0.2) is 9.55 Å². The van der Waals surface area contributed by atoms with Crippen molar-refractivity contribution in [2.24, 2.45) is 0 Å². The SMILES string of the molecule is C#CCn1cc(C)nc1-c1ccc(N)cc1. The van der Waals surface area contributed by atoms with Crippen molar-refractivity contribution in [3.8, 4) is 23.7 Å². The van der Waals surface area contributed by atoms with Gasteiger partial charge in [-0.05, 0) is 31.2 Å². The van der Waals surface area contributed by atoms with Gasteiger partial charge in [-0.25, -0.2) is 4.98 Å². The summed E-state index contributed by atoms with van der Waals surface area (Å²) in [5, 5.41) is 0. The highest BCUT2D eigenvalue weighted by Crippen LogP contribution is 2.20. The first kappa shape index (κ1) is 10.3. The molecule has 0 saturated heterocycles. The second-order valence-corrected chi connectivity index (χ2v) is 3.66. The van der Waals surface area contributed by atoms with Gasteiger partial charge in [0.1, 0.15) is 5.82 Å². The number of terminal acetylenes is 1. The van der Waals surface area contributed by atoms with Crippen LogP contribution < -0.4 is 5.73 Å². The van der Waals surface area contributed by atoms with E-state index in [1.807, 2.05) is 42.0 Å². The van der Waals surface area contributed by atoms with Crippen molar-refractivity contribution in [1.29, 1.82) is 0 Å². The minimum absolute atomic E-state index is 0.528. The third-order valence-electron chi connectivity index (χ3n) is 2.33. The Bertz CT molecular complexity index is 529. The summed E-state index contributed by atoms with van der Waals surface area (Å²) in [5.74, 6) is 3.50. The predicted octanol–water partition coefficient (Wildman–Crippen LogP) is 2.07. The highest BCUT2D eigenvalue weighted by Gasteiger charge is 2.06. The molecule has 80 valence electrons. The van der Waals surface area contributed by atoms with Crippen molar-refractivity contribution in [3.63, 3.8) is 0 Å². The summed E-state index contributed by atoms with van der Waals surface area (Å²) >= 11 is 0. The maximum absolute atomic E-state index is 5.65. The molecule has 0 aliphatic rings. The summed E-state index contributed by atoms with van der Waals surface area (Å²) in [6.45, 7) is 2.48. The van der Waals surface area contributed by atoms with Gasteiger partial charge < -0.3 is 10.3 Å². The second kappa shape index (κ2) is 4.11. The summed E-state index contributed by atoms with van der Waals surface area (Å²) < 4.78 is 1.96. The lowest BCUT2D eigenvalue weighted by Crippen LogP contribution is -1.97. The molecular formula is C13H13N3. The number of nitrogen functional groups attached to an aromatic ring is 1. The van der Waals surface area contributed by atoms with Crippen LogP contribution in [0.5, 0.6) is 0 Å². The van der Waals surface area contributed by atoms with E-state index in [1.165, 1.54) is 0 Å². The standard InChI is InChI=1S/C13H13N3/c1-3-8-16-9-10(2)15-13(16)11-4-6-12(14)7-5-11/h1,4-7,9H,8,14H2,2H3. The van der Waals surface area contributed by atoms with Crippen LogP contribution in [0.25, 0.3) is 11.4 Å². The number of anilines is 1. The zero-order chi connectivity index (χ0) is 11.5. The van der Waals surface area contributed by atoms with Gasteiger partial charge in [-0.2, -0.15) is 0 Å². The average molecular weight is 211 g/mol. The van der Waals surface area contributed by atoms with Crippen molar-refractivity contribution in [3.05, 3.63) is 36.2 Å². The second-order valence-electron chi connectivity index (χ2n) is 3.66. The lowest BCUT2D eigenvalue weighted by molar-refractivity contribution is 0.850. The van der Waals surface area contributed by atoms with Gasteiger partial charge in [-0.1, -0.05) is 5.92 Å². The summed E-state index contributed by atoms with van der Waals surface area (Å²) in [4.78, 5) is 4.46. The molecule has 1 aromatic carbocycles.